The van der Waals surface area contributed by atoms with Crippen LogP contribution >= 0.6 is 0 Å². The van der Waals surface area contributed by atoms with Gasteiger partial charge in [0.15, 0.2) is 0 Å². The van der Waals surface area contributed by atoms with Gasteiger partial charge in [0.1, 0.15) is 35.4 Å². The van der Waals surface area contributed by atoms with Gasteiger partial charge in [-0.15, -0.1) is 0 Å². The fourth-order valence-corrected chi connectivity index (χ4v) is 4.12. The summed E-state index contributed by atoms with van der Waals surface area (Å²) in [6.45, 7) is -0.752. The van der Waals surface area contributed by atoms with Gasteiger partial charge < -0.3 is 25.6 Å². The van der Waals surface area contributed by atoms with Crippen molar-refractivity contribution in [3.05, 3.63) is 90.4 Å². The van der Waals surface area contributed by atoms with Crippen molar-refractivity contribution in [2.75, 3.05) is 23.8 Å². The number of carbonyl (C=O) groups is 3. The van der Waals surface area contributed by atoms with E-state index in [9.17, 15) is 23.9 Å². The Morgan fingerprint density at radius 2 is 1.57 bits per heavy atom. The molecule has 0 unspecified atom stereocenters. The molecule has 1 saturated carbocycles. The number of hydrogen-bond donors (Lipinski definition) is 5. The zero-order chi connectivity index (χ0) is 29.7. The number of aromatic nitrogens is 1. The first kappa shape index (κ1) is 28.6. The maximum Gasteiger partial charge on any atom is 0.274 e. The molecule has 0 aliphatic heterocycles. The number of aliphatic hydroxyl groups is 2. The summed E-state index contributed by atoms with van der Waals surface area (Å²) >= 11 is 0. The molecule has 5 rings (SSSR count). The molecule has 12 heteroatoms. The SMILES string of the molecule is O=C(NOC[C@H](O)CO)c1ccc2c(Oc3ccc(NC(=O)C4(C(=O)Nc5ccc(F)cc5)CC4)cc3)ccnc2c1. The van der Waals surface area contributed by atoms with Gasteiger partial charge in [-0.05, 0) is 85.6 Å². The van der Waals surface area contributed by atoms with Crippen molar-refractivity contribution in [3.63, 3.8) is 0 Å². The van der Waals surface area contributed by atoms with Crippen molar-refractivity contribution in [2.45, 2.75) is 18.9 Å². The molecular weight excluding hydrogens is 547 g/mol. The molecule has 216 valence electrons. The van der Waals surface area contributed by atoms with Crippen LogP contribution in [0, 0.1) is 11.2 Å². The van der Waals surface area contributed by atoms with Crippen molar-refractivity contribution < 1.29 is 38.6 Å². The number of rotatable bonds is 11. The van der Waals surface area contributed by atoms with Crippen LogP contribution in [0.3, 0.4) is 0 Å². The van der Waals surface area contributed by atoms with E-state index in [0.717, 1.165) is 0 Å². The average Bonchev–Trinajstić information content (AvgIpc) is 3.81. The maximum absolute atomic E-state index is 13.1. The number of hydrogen-bond acceptors (Lipinski definition) is 8. The Balaban J connectivity index is 1.20. The van der Waals surface area contributed by atoms with Crippen LogP contribution in [0.1, 0.15) is 23.2 Å². The van der Waals surface area contributed by atoms with E-state index in [2.05, 4.69) is 21.1 Å². The standard InChI is InChI=1S/C30H27FN4O7/c31-19-2-4-20(5-3-19)33-28(39)30(12-13-30)29(40)34-21-6-8-23(9-7-21)42-26-11-14-32-25-15-18(1-10-24(25)26)27(38)35-41-17-22(37)16-36/h1-11,14-15,22,36-37H,12-13,16-17H2,(H,33,39)(H,34,40)(H,35,38)/t22-/m1/s1. The summed E-state index contributed by atoms with van der Waals surface area (Å²) in [6, 6.07) is 18.5. The van der Waals surface area contributed by atoms with Crippen LogP contribution < -0.4 is 20.9 Å². The Kier molecular flexibility index (Phi) is 8.38. The Labute approximate surface area is 239 Å². The van der Waals surface area contributed by atoms with E-state index in [1.165, 1.54) is 30.5 Å². The van der Waals surface area contributed by atoms with Gasteiger partial charge in [-0.3, -0.25) is 24.2 Å². The first-order valence-electron chi connectivity index (χ1n) is 13.0. The van der Waals surface area contributed by atoms with Gasteiger partial charge in [0.2, 0.25) is 11.8 Å². The molecule has 1 aromatic heterocycles. The van der Waals surface area contributed by atoms with Crippen LogP contribution in [0.2, 0.25) is 0 Å². The van der Waals surface area contributed by atoms with Gasteiger partial charge in [0, 0.05) is 28.5 Å². The van der Waals surface area contributed by atoms with Crippen LogP contribution in [0.5, 0.6) is 11.5 Å². The number of fused-ring (bicyclic) bond motifs is 1. The van der Waals surface area contributed by atoms with Crippen molar-refractivity contribution in [1.29, 1.82) is 0 Å². The van der Waals surface area contributed by atoms with Crippen LogP contribution in [0.15, 0.2) is 79.0 Å². The molecule has 1 aliphatic carbocycles. The molecule has 0 bridgehead atoms. The minimum Gasteiger partial charge on any atom is -0.457 e. The zero-order valence-electron chi connectivity index (χ0n) is 22.2. The average molecular weight is 575 g/mol. The quantitative estimate of drug-likeness (QED) is 0.134. The van der Waals surface area contributed by atoms with Crippen LogP contribution in [0.4, 0.5) is 15.8 Å². The third kappa shape index (κ3) is 6.52. The first-order valence-corrected chi connectivity index (χ1v) is 13.0. The van der Waals surface area contributed by atoms with E-state index >= 15 is 0 Å². The number of halogens is 1. The summed E-state index contributed by atoms with van der Waals surface area (Å²) in [5.41, 5.74) is 2.68. The van der Waals surface area contributed by atoms with E-state index in [1.807, 2.05) is 0 Å². The molecule has 0 saturated heterocycles. The van der Waals surface area contributed by atoms with Crippen LogP contribution in [-0.2, 0) is 14.4 Å². The van der Waals surface area contributed by atoms with Gasteiger partial charge in [-0.2, -0.15) is 0 Å². The van der Waals surface area contributed by atoms with Gasteiger partial charge in [-0.25, -0.2) is 9.87 Å². The first-order chi connectivity index (χ1) is 20.3. The molecule has 1 fully saturated rings. The summed E-state index contributed by atoms with van der Waals surface area (Å²) < 4.78 is 19.2. The molecule has 1 atom stereocenters. The molecule has 1 aliphatic rings. The number of carbonyl (C=O) groups excluding carboxylic acids is 3. The molecule has 4 aromatic rings. The second-order valence-electron chi connectivity index (χ2n) is 9.74. The summed E-state index contributed by atoms with van der Waals surface area (Å²) in [7, 11) is 0. The molecule has 0 radical (unpaired) electrons. The lowest BCUT2D eigenvalue weighted by Crippen LogP contribution is -2.35. The largest absolute Gasteiger partial charge is 0.457 e. The number of hydroxylamine groups is 1. The summed E-state index contributed by atoms with van der Waals surface area (Å²) in [5, 5.41) is 24.2. The van der Waals surface area contributed by atoms with Gasteiger partial charge >= 0.3 is 0 Å². The summed E-state index contributed by atoms with van der Waals surface area (Å²) in [4.78, 5) is 47.3. The number of aliphatic hydroxyl groups excluding tert-OH is 2. The highest BCUT2D eigenvalue weighted by Gasteiger charge is 2.56. The lowest BCUT2D eigenvalue weighted by molar-refractivity contribution is -0.131. The van der Waals surface area contributed by atoms with E-state index in [0.29, 0.717) is 46.6 Å². The molecule has 5 N–H and O–H groups in total. The molecule has 42 heavy (non-hydrogen) atoms. The monoisotopic (exact) mass is 574 g/mol. The van der Waals surface area contributed by atoms with Gasteiger partial charge in [0.05, 0.1) is 12.1 Å². The summed E-state index contributed by atoms with van der Waals surface area (Å²) in [6.07, 6.45) is 1.24. The number of pyridine rings is 1. The molecule has 3 aromatic carbocycles. The van der Waals surface area contributed by atoms with Crippen LogP contribution in [-0.4, -0.2) is 52.2 Å². The Hall–Kier alpha value is -4.91. The number of nitrogens with one attached hydrogen (secondary N) is 3. The van der Waals surface area contributed by atoms with Crippen LogP contribution in [0.25, 0.3) is 10.9 Å². The minimum atomic E-state index is -1.18. The predicted molar refractivity (Wildman–Crippen MR) is 150 cm³/mol. The van der Waals surface area contributed by atoms with E-state index < -0.39 is 41.7 Å². The predicted octanol–water partition coefficient (Wildman–Crippen LogP) is 3.54. The zero-order valence-corrected chi connectivity index (χ0v) is 22.2. The summed E-state index contributed by atoms with van der Waals surface area (Å²) in [5.74, 6) is -0.868. The second kappa shape index (κ2) is 12.3. The molecule has 0 spiro atoms. The van der Waals surface area contributed by atoms with Crippen molar-refractivity contribution >= 4 is 40.0 Å². The molecule has 11 nitrogen and oxygen atoms in total. The van der Waals surface area contributed by atoms with Crippen molar-refractivity contribution in [1.82, 2.24) is 10.5 Å². The normalized spacial score (nSPS) is 14.1. The fourth-order valence-electron chi connectivity index (χ4n) is 4.12. The number of benzene rings is 3. The highest BCUT2D eigenvalue weighted by molar-refractivity contribution is 6.16. The molecule has 1 heterocycles. The lowest BCUT2D eigenvalue weighted by Gasteiger charge is -2.16. The lowest BCUT2D eigenvalue weighted by atomic mass is 10.0. The topological polar surface area (TPSA) is 159 Å². The van der Waals surface area contributed by atoms with E-state index in [-0.39, 0.29) is 12.2 Å². The number of ether oxygens (including phenoxy) is 1. The van der Waals surface area contributed by atoms with Crippen molar-refractivity contribution in [3.8, 4) is 11.5 Å². The molecular formula is C30H27FN4O7. The third-order valence-corrected chi connectivity index (χ3v) is 6.68. The second-order valence-corrected chi connectivity index (χ2v) is 9.74. The Morgan fingerprint density at radius 3 is 2.19 bits per heavy atom. The molecule has 3 amide bonds. The van der Waals surface area contributed by atoms with Gasteiger partial charge in [-0.1, -0.05) is 0 Å². The number of nitrogens with zero attached hydrogens (tertiary/aromatic N) is 1. The number of amides is 3. The fraction of sp³-hybridized carbons (Fsp3) is 0.200. The third-order valence-electron chi connectivity index (χ3n) is 6.68. The van der Waals surface area contributed by atoms with Gasteiger partial charge in [0.25, 0.3) is 5.91 Å². The highest BCUT2D eigenvalue weighted by atomic mass is 19.1. The smallest absolute Gasteiger partial charge is 0.274 e. The number of anilines is 2. The van der Waals surface area contributed by atoms with Crippen molar-refractivity contribution in [2.24, 2.45) is 5.41 Å². The Morgan fingerprint density at radius 1 is 0.929 bits per heavy atom. The Bertz CT molecular complexity index is 1610. The van der Waals surface area contributed by atoms with E-state index in [1.54, 1.807) is 48.5 Å². The van der Waals surface area contributed by atoms with E-state index in [4.69, 9.17) is 14.7 Å². The maximum atomic E-state index is 13.1. The highest BCUT2D eigenvalue weighted by Crippen LogP contribution is 2.47. The minimum absolute atomic E-state index is 0.262.